The van der Waals surface area contributed by atoms with E-state index in [1.807, 2.05) is 0 Å². The number of rotatable bonds is 4. The second-order valence-corrected chi connectivity index (χ2v) is 4.70. The molecule has 2 aromatic rings. The third kappa shape index (κ3) is 3.39. The number of halogens is 3. The van der Waals surface area contributed by atoms with Gasteiger partial charge >= 0.3 is 6.18 Å². The minimum absolute atomic E-state index is 0.0416. The molecular formula is C14H15F3N2O. The van der Waals surface area contributed by atoms with Gasteiger partial charge in [-0.05, 0) is 19.5 Å². The van der Waals surface area contributed by atoms with E-state index in [0.717, 1.165) is 0 Å². The Balaban J connectivity index is 2.23. The molecular weight excluding hydrogens is 269 g/mol. The smallest absolute Gasteiger partial charge is 0.360 e. The zero-order chi connectivity index (χ0) is 14.8. The van der Waals surface area contributed by atoms with Gasteiger partial charge in [0.1, 0.15) is 6.04 Å². The molecule has 0 aliphatic rings. The first kappa shape index (κ1) is 14.6. The lowest BCUT2D eigenvalue weighted by Gasteiger charge is -2.29. The van der Waals surface area contributed by atoms with Crippen LogP contribution in [0.5, 0.6) is 0 Å². The molecule has 2 rings (SSSR count). The van der Waals surface area contributed by atoms with Gasteiger partial charge in [-0.25, -0.2) is 0 Å². The van der Waals surface area contributed by atoms with E-state index in [9.17, 15) is 13.2 Å². The second-order valence-electron chi connectivity index (χ2n) is 4.70. The van der Waals surface area contributed by atoms with Crippen LogP contribution in [0, 0.1) is 6.92 Å². The van der Waals surface area contributed by atoms with Gasteiger partial charge < -0.3 is 4.52 Å². The van der Waals surface area contributed by atoms with E-state index >= 15 is 0 Å². The lowest BCUT2D eigenvalue weighted by atomic mass is 10.1. The zero-order valence-electron chi connectivity index (χ0n) is 11.2. The van der Waals surface area contributed by atoms with Crippen molar-refractivity contribution in [1.29, 1.82) is 0 Å². The van der Waals surface area contributed by atoms with Crippen LogP contribution in [0.2, 0.25) is 0 Å². The first-order valence-electron chi connectivity index (χ1n) is 6.12. The summed E-state index contributed by atoms with van der Waals surface area (Å²) in [6.07, 6.45) is -4.36. The number of aryl methyl sites for hydroxylation is 1. The van der Waals surface area contributed by atoms with Crippen molar-refractivity contribution >= 4 is 0 Å². The first-order valence-corrected chi connectivity index (χ1v) is 6.12. The molecule has 0 saturated heterocycles. The summed E-state index contributed by atoms with van der Waals surface area (Å²) >= 11 is 0. The topological polar surface area (TPSA) is 29.3 Å². The quantitative estimate of drug-likeness (QED) is 0.857. The van der Waals surface area contributed by atoms with E-state index in [1.54, 1.807) is 31.2 Å². The average molecular weight is 284 g/mol. The minimum atomic E-state index is -4.36. The van der Waals surface area contributed by atoms with E-state index in [0.29, 0.717) is 11.5 Å². The van der Waals surface area contributed by atoms with Gasteiger partial charge in [-0.15, -0.1) is 0 Å². The molecule has 1 unspecified atom stereocenters. The standard InChI is InChI=1S/C14H15F3N2O/c1-10-8-12(20-18-10)9-19(2)13(14(15,16)17)11-6-4-3-5-7-11/h3-8,13H,9H2,1-2H3. The predicted molar refractivity (Wildman–Crippen MR) is 67.9 cm³/mol. The highest BCUT2D eigenvalue weighted by Crippen LogP contribution is 2.37. The molecule has 1 atom stereocenters. The van der Waals surface area contributed by atoms with Crippen LogP contribution in [0.1, 0.15) is 23.1 Å². The van der Waals surface area contributed by atoms with Crippen molar-refractivity contribution in [2.75, 3.05) is 7.05 Å². The van der Waals surface area contributed by atoms with Crippen LogP contribution in [-0.4, -0.2) is 23.3 Å². The van der Waals surface area contributed by atoms with Gasteiger partial charge in [0.2, 0.25) is 0 Å². The summed E-state index contributed by atoms with van der Waals surface area (Å²) in [6, 6.07) is 7.79. The average Bonchev–Trinajstić information content (AvgIpc) is 2.74. The van der Waals surface area contributed by atoms with E-state index in [2.05, 4.69) is 5.16 Å². The molecule has 0 radical (unpaired) electrons. The van der Waals surface area contributed by atoms with Crippen LogP contribution >= 0.6 is 0 Å². The van der Waals surface area contributed by atoms with Gasteiger partial charge in [-0.1, -0.05) is 35.5 Å². The minimum Gasteiger partial charge on any atom is -0.360 e. The van der Waals surface area contributed by atoms with Crippen LogP contribution in [0.25, 0.3) is 0 Å². The molecule has 0 aliphatic carbocycles. The Morgan fingerprint density at radius 1 is 1.25 bits per heavy atom. The number of nitrogens with zero attached hydrogens (tertiary/aromatic N) is 2. The Hall–Kier alpha value is -1.82. The summed E-state index contributed by atoms with van der Waals surface area (Å²) in [4.78, 5) is 1.20. The molecule has 1 aromatic carbocycles. The number of hydrogen-bond acceptors (Lipinski definition) is 3. The molecule has 20 heavy (non-hydrogen) atoms. The monoisotopic (exact) mass is 284 g/mol. The fourth-order valence-corrected chi connectivity index (χ4v) is 2.16. The molecule has 3 nitrogen and oxygen atoms in total. The maximum Gasteiger partial charge on any atom is 0.408 e. The molecule has 108 valence electrons. The van der Waals surface area contributed by atoms with Crippen molar-refractivity contribution in [2.24, 2.45) is 0 Å². The van der Waals surface area contributed by atoms with Crippen LogP contribution in [0.3, 0.4) is 0 Å². The molecule has 0 spiro atoms. The highest BCUT2D eigenvalue weighted by molar-refractivity contribution is 5.20. The Morgan fingerprint density at radius 2 is 1.90 bits per heavy atom. The maximum absolute atomic E-state index is 13.3. The van der Waals surface area contributed by atoms with Gasteiger partial charge in [0.05, 0.1) is 12.2 Å². The predicted octanol–water partition coefficient (Wildman–Crippen LogP) is 3.72. The molecule has 1 heterocycles. The van der Waals surface area contributed by atoms with Gasteiger partial charge in [0.25, 0.3) is 0 Å². The van der Waals surface area contributed by atoms with Gasteiger partial charge in [-0.3, -0.25) is 4.90 Å². The molecule has 0 bridgehead atoms. The zero-order valence-corrected chi connectivity index (χ0v) is 11.2. The summed E-state index contributed by atoms with van der Waals surface area (Å²) < 4.78 is 44.8. The van der Waals surface area contributed by atoms with Gasteiger partial charge in [0.15, 0.2) is 5.76 Å². The molecule has 6 heteroatoms. The Bertz CT molecular complexity index is 551. The summed E-state index contributed by atoms with van der Waals surface area (Å²) in [6.45, 7) is 1.77. The Morgan fingerprint density at radius 3 is 2.40 bits per heavy atom. The highest BCUT2D eigenvalue weighted by Gasteiger charge is 2.43. The molecule has 0 amide bonds. The van der Waals surface area contributed by atoms with Crippen LogP contribution < -0.4 is 0 Å². The van der Waals surface area contributed by atoms with Crippen LogP contribution in [-0.2, 0) is 6.54 Å². The van der Waals surface area contributed by atoms with Crippen molar-refractivity contribution in [2.45, 2.75) is 25.7 Å². The lowest BCUT2D eigenvalue weighted by Crippen LogP contribution is -2.35. The Kier molecular flexibility index (Phi) is 4.13. The maximum atomic E-state index is 13.3. The third-order valence-corrected chi connectivity index (χ3v) is 2.95. The van der Waals surface area contributed by atoms with Crippen molar-refractivity contribution in [3.05, 3.63) is 53.4 Å². The first-order chi connectivity index (χ1) is 9.38. The highest BCUT2D eigenvalue weighted by atomic mass is 19.4. The lowest BCUT2D eigenvalue weighted by molar-refractivity contribution is -0.185. The molecule has 0 saturated carbocycles. The summed E-state index contributed by atoms with van der Waals surface area (Å²) in [5.41, 5.74) is 0.857. The van der Waals surface area contributed by atoms with E-state index < -0.39 is 12.2 Å². The van der Waals surface area contributed by atoms with E-state index in [1.165, 1.54) is 24.1 Å². The molecule has 0 aliphatic heterocycles. The number of hydrogen-bond donors (Lipinski definition) is 0. The molecule has 0 fully saturated rings. The normalized spacial score (nSPS) is 13.7. The largest absolute Gasteiger partial charge is 0.408 e. The summed E-state index contributed by atoms with van der Waals surface area (Å²) in [5, 5.41) is 3.68. The number of aromatic nitrogens is 1. The van der Waals surface area contributed by atoms with Crippen molar-refractivity contribution in [3.63, 3.8) is 0 Å². The Labute approximate surface area is 115 Å². The fourth-order valence-electron chi connectivity index (χ4n) is 2.16. The summed E-state index contributed by atoms with van der Waals surface area (Å²) in [5.74, 6) is 0.412. The van der Waals surface area contributed by atoms with Crippen LogP contribution in [0.4, 0.5) is 13.2 Å². The second kappa shape index (κ2) is 5.66. The fraction of sp³-hybridized carbons (Fsp3) is 0.357. The van der Waals surface area contributed by atoms with Gasteiger partial charge in [-0.2, -0.15) is 13.2 Å². The van der Waals surface area contributed by atoms with Crippen molar-refractivity contribution in [3.8, 4) is 0 Å². The van der Waals surface area contributed by atoms with E-state index in [4.69, 9.17) is 4.52 Å². The molecule has 0 N–H and O–H groups in total. The molecule has 1 aromatic heterocycles. The number of benzene rings is 1. The third-order valence-electron chi connectivity index (χ3n) is 2.95. The van der Waals surface area contributed by atoms with E-state index in [-0.39, 0.29) is 12.1 Å². The van der Waals surface area contributed by atoms with Crippen molar-refractivity contribution < 1.29 is 17.7 Å². The van der Waals surface area contributed by atoms with Gasteiger partial charge in [0, 0.05) is 6.07 Å². The van der Waals surface area contributed by atoms with Crippen LogP contribution in [0.15, 0.2) is 40.9 Å². The SMILES string of the molecule is Cc1cc(CN(C)C(c2ccccc2)C(F)(F)F)on1. The summed E-state index contributed by atoms with van der Waals surface area (Å²) in [7, 11) is 1.42. The van der Waals surface area contributed by atoms with Crippen molar-refractivity contribution in [1.82, 2.24) is 10.1 Å². The number of alkyl halides is 3.